The molecule has 0 heterocycles. The van der Waals surface area contributed by atoms with Gasteiger partial charge in [0.1, 0.15) is 5.75 Å². The zero-order valence-corrected chi connectivity index (χ0v) is 11.6. The minimum atomic E-state index is -0.252. The number of benzene rings is 2. The van der Waals surface area contributed by atoms with Gasteiger partial charge < -0.3 is 15.4 Å². The van der Waals surface area contributed by atoms with Crippen LogP contribution in [0.3, 0.4) is 0 Å². The Kier molecular flexibility index (Phi) is 4.78. The van der Waals surface area contributed by atoms with E-state index in [1.165, 1.54) is 0 Å². The number of hydrogen-bond acceptors (Lipinski definition) is 4. The SMILES string of the molecule is CNc1ccc(OCC(=O)Nc2ccc(C#N)cc2)cc1. The normalized spacial score (nSPS) is 9.52. The molecule has 0 atom stereocenters. The molecule has 106 valence electrons. The zero-order valence-electron chi connectivity index (χ0n) is 11.6. The third kappa shape index (κ3) is 4.25. The van der Waals surface area contributed by atoms with Crippen LogP contribution in [0.1, 0.15) is 5.56 Å². The summed E-state index contributed by atoms with van der Waals surface area (Å²) in [4.78, 5) is 11.7. The maximum atomic E-state index is 11.7. The van der Waals surface area contributed by atoms with Gasteiger partial charge in [0.15, 0.2) is 6.61 Å². The number of nitrogens with one attached hydrogen (secondary N) is 2. The van der Waals surface area contributed by atoms with Crippen molar-refractivity contribution < 1.29 is 9.53 Å². The largest absolute Gasteiger partial charge is 0.484 e. The van der Waals surface area contributed by atoms with E-state index in [2.05, 4.69) is 10.6 Å². The van der Waals surface area contributed by atoms with E-state index in [0.717, 1.165) is 5.69 Å². The van der Waals surface area contributed by atoms with Crippen molar-refractivity contribution in [3.05, 3.63) is 54.1 Å². The van der Waals surface area contributed by atoms with E-state index in [4.69, 9.17) is 10.00 Å². The van der Waals surface area contributed by atoms with Crippen molar-refractivity contribution in [2.75, 3.05) is 24.3 Å². The number of ether oxygens (including phenoxy) is 1. The van der Waals surface area contributed by atoms with E-state index in [1.54, 1.807) is 36.4 Å². The van der Waals surface area contributed by atoms with Crippen LogP contribution in [-0.2, 0) is 4.79 Å². The highest BCUT2D eigenvalue weighted by Crippen LogP contribution is 2.15. The van der Waals surface area contributed by atoms with Gasteiger partial charge in [-0.1, -0.05) is 0 Å². The van der Waals surface area contributed by atoms with Crippen molar-refractivity contribution in [2.45, 2.75) is 0 Å². The van der Waals surface area contributed by atoms with Crippen LogP contribution in [0.2, 0.25) is 0 Å². The molecule has 1 amide bonds. The maximum Gasteiger partial charge on any atom is 0.262 e. The van der Waals surface area contributed by atoms with Crippen molar-refractivity contribution in [1.82, 2.24) is 0 Å². The molecule has 2 rings (SSSR count). The van der Waals surface area contributed by atoms with Gasteiger partial charge in [0.25, 0.3) is 5.91 Å². The number of rotatable bonds is 5. The first kappa shape index (κ1) is 14.4. The maximum absolute atomic E-state index is 11.7. The first-order chi connectivity index (χ1) is 10.2. The van der Waals surface area contributed by atoms with Crippen LogP contribution in [-0.4, -0.2) is 19.6 Å². The van der Waals surface area contributed by atoms with E-state index in [9.17, 15) is 4.79 Å². The lowest BCUT2D eigenvalue weighted by Gasteiger charge is -2.08. The number of nitriles is 1. The fraction of sp³-hybridized carbons (Fsp3) is 0.125. The molecule has 0 bridgehead atoms. The molecule has 2 N–H and O–H groups in total. The first-order valence-electron chi connectivity index (χ1n) is 6.42. The van der Waals surface area contributed by atoms with E-state index in [1.807, 2.05) is 25.2 Å². The Morgan fingerprint density at radius 3 is 2.29 bits per heavy atom. The second-order valence-electron chi connectivity index (χ2n) is 4.30. The molecule has 0 saturated carbocycles. The van der Waals surface area contributed by atoms with Crippen LogP contribution in [0.15, 0.2) is 48.5 Å². The minimum absolute atomic E-state index is 0.0705. The molecular weight excluding hydrogens is 266 g/mol. The van der Waals surface area contributed by atoms with Crippen molar-refractivity contribution in [3.8, 4) is 11.8 Å². The summed E-state index contributed by atoms with van der Waals surface area (Å²) in [6, 6.07) is 16.0. The molecule has 2 aromatic carbocycles. The van der Waals surface area contributed by atoms with Gasteiger partial charge in [-0.3, -0.25) is 4.79 Å². The van der Waals surface area contributed by atoms with Crippen molar-refractivity contribution in [2.24, 2.45) is 0 Å². The quantitative estimate of drug-likeness (QED) is 0.883. The second-order valence-corrected chi connectivity index (χ2v) is 4.30. The van der Waals surface area contributed by atoms with E-state index >= 15 is 0 Å². The minimum Gasteiger partial charge on any atom is -0.484 e. The van der Waals surface area contributed by atoms with Crippen molar-refractivity contribution >= 4 is 17.3 Å². The molecule has 0 saturated heterocycles. The summed E-state index contributed by atoms with van der Waals surface area (Å²) in [5.74, 6) is 0.376. The molecule has 0 aliphatic carbocycles. The number of nitrogens with zero attached hydrogens (tertiary/aromatic N) is 1. The summed E-state index contributed by atoms with van der Waals surface area (Å²) in [6.07, 6.45) is 0. The van der Waals surface area contributed by atoms with E-state index in [-0.39, 0.29) is 12.5 Å². The molecule has 0 fully saturated rings. The van der Waals surface area contributed by atoms with Crippen LogP contribution < -0.4 is 15.4 Å². The van der Waals surface area contributed by atoms with Gasteiger partial charge >= 0.3 is 0 Å². The molecule has 0 unspecified atom stereocenters. The Bertz CT molecular complexity index is 643. The van der Waals surface area contributed by atoms with Crippen LogP contribution in [0.5, 0.6) is 5.75 Å². The summed E-state index contributed by atoms with van der Waals surface area (Å²) >= 11 is 0. The van der Waals surface area contributed by atoms with Gasteiger partial charge in [-0.15, -0.1) is 0 Å². The highest BCUT2D eigenvalue weighted by molar-refractivity contribution is 5.91. The smallest absolute Gasteiger partial charge is 0.262 e. The van der Waals surface area contributed by atoms with Gasteiger partial charge in [0, 0.05) is 18.4 Å². The number of amides is 1. The topological polar surface area (TPSA) is 74.2 Å². The molecule has 2 aromatic rings. The Labute approximate surface area is 123 Å². The molecule has 5 heteroatoms. The number of carbonyl (C=O) groups excluding carboxylic acids is 1. The first-order valence-corrected chi connectivity index (χ1v) is 6.42. The molecule has 0 aromatic heterocycles. The monoisotopic (exact) mass is 281 g/mol. The van der Waals surface area contributed by atoms with Gasteiger partial charge in [0.05, 0.1) is 11.6 Å². The summed E-state index contributed by atoms with van der Waals surface area (Å²) in [5.41, 5.74) is 2.16. The van der Waals surface area contributed by atoms with Crippen LogP contribution in [0.4, 0.5) is 11.4 Å². The zero-order chi connectivity index (χ0) is 15.1. The van der Waals surface area contributed by atoms with E-state index < -0.39 is 0 Å². The van der Waals surface area contributed by atoms with Gasteiger partial charge in [-0.2, -0.15) is 5.26 Å². The van der Waals surface area contributed by atoms with Gasteiger partial charge in [-0.05, 0) is 48.5 Å². The second kappa shape index (κ2) is 6.96. The average molecular weight is 281 g/mol. The molecule has 0 aliphatic heterocycles. The fourth-order valence-corrected chi connectivity index (χ4v) is 1.69. The fourth-order valence-electron chi connectivity index (χ4n) is 1.69. The Hall–Kier alpha value is -3.00. The van der Waals surface area contributed by atoms with Crippen LogP contribution in [0.25, 0.3) is 0 Å². The summed E-state index contributed by atoms with van der Waals surface area (Å²) in [7, 11) is 1.83. The summed E-state index contributed by atoms with van der Waals surface area (Å²) < 4.78 is 5.39. The number of carbonyl (C=O) groups is 1. The highest BCUT2D eigenvalue weighted by Gasteiger charge is 2.04. The molecule has 0 radical (unpaired) electrons. The number of hydrogen-bond donors (Lipinski definition) is 2. The van der Waals surface area contributed by atoms with Crippen LogP contribution >= 0.6 is 0 Å². The predicted molar refractivity (Wildman–Crippen MR) is 81.3 cm³/mol. The average Bonchev–Trinajstić information content (AvgIpc) is 2.54. The third-order valence-electron chi connectivity index (χ3n) is 2.81. The van der Waals surface area contributed by atoms with E-state index in [0.29, 0.717) is 17.0 Å². The third-order valence-corrected chi connectivity index (χ3v) is 2.81. The lowest BCUT2D eigenvalue weighted by atomic mass is 10.2. The van der Waals surface area contributed by atoms with Gasteiger partial charge in [-0.25, -0.2) is 0 Å². The molecule has 0 spiro atoms. The number of anilines is 2. The van der Waals surface area contributed by atoms with Crippen molar-refractivity contribution in [1.29, 1.82) is 5.26 Å². The Balaban J connectivity index is 1.85. The lowest BCUT2D eigenvalue weighted by molar-refractivity contribution is -0.118. The van der Waals surface area contributed by atoms with Gasteiger partial charge in [0.2, 0.25) is 0 Å². The molecular formula is C16H15N3O2. The van der Waals surface area contributed by atoms with Crippen LogP contribution in [0, 0.1) is 11.3 Å². The molecule has 21 heavy (non-hydrogen) atoms. The van der Waals surface area contributed by atoms with Crippen molar-refractivity contribution in [3.63, 3.8) is 0 Å². The highest BCUT2D eigenvalue weighted by atomic mass is 16.5. The lowest BCUT2D eigenvalue weighted by Crippen LogP contribution is -2.20. The predicted octanol–water partition coefficient (Wildman–Crippen LogP) is 2.62. The molecule has 5 nitrogen and oxygen atoms in total. The Morgan fingerprint density at radius 2 is 1.71 bits per heavy atom. The summed E-state index contributed by atoms with van der Waals surface area (Å²) in [5, 5.41) is 14.4. The standard InChI is InChI=1S/C16H15N3O2/c1-18-13-6-8-15(9-7-13)21-11-16(20)19-14-4-2-12(10-17)3-5-14/h2-9,18H,11H2,1H3,(H,19,20). The Morgan fingerprint density at radius 1 is 1.10 bits per heavy atom. The molecule has 0 aliphatic rings. The summed E-state index contributed by atoms with van der Waals surface area (Å²) in [6.45, 7) is -0.0705.